The number of sulfonamides is 1. The Bertz CT molecular complexity index is 701. The van der Waals surface area contributed by atoms with Crippen molar-refractivity contribution in [3.8, 4) is 0 Å². The fourth-order valence-electron chi connectivity index (χ4n) is 3.60. The fraction of sp³-hybridized carbons (Fsp3) is 0.706. The molecule has 1 aromatic heterocycles. The molecule has 2 aliphatic rings. The summed E-state index contributed by atoms with van der Waals surface area (Å²) in [4.78, 5) is 12.6. The van der Waals surface area contributed by atoms with Crippen molar-refractivity contribution in [1.82, 2.24) is 19.5 Å². The van der Waals surface area contributed by atoms with Crippen LogP contribution in [-0.4, -0.2) is 55.9 Å². The van der Waals surface area contributed by atoms with E-state index in [1.807, 2.05) is 0 Å². The Hall–Kier alpha value is -1.38. The highest BCUT2D eigenvalue weighted by atomic mass is 32.2. The summed E-state index contributed by atoms with van der Waals surface area (Å²) >= 11 is 0. The van der Waals surface area contributed by atoms with Gasteiger partial charge in [0.15, 0.2) is 0 Å². The second-order valence-corrected chi connectivity index (χ2v) is 8.98. The third-order valence-corrected chi connectivity index (χ3v) is 7.03. The molecule has 0 aromatic carbocycles. The highest BCUT2D eigenvalue weighted by molar-refractivity contribution is 7.89. The van der Waals surface area contributed by atoms with Crippen molar-refractivity contribution >= 4 is 15.9 Å². The van der Waals surface area contributed by atoms with E-state index in [4.69, 9.17) is 0 Å². The van der Waals surface area contributed by atoms with E-state index in [0.717, 1.165) is 45.2 Å². The number of hydrogen-bond donors (Lipinski definition) is 2. The van der Waals surface area contributed by atoms with Crippen molar-refractivity contribution < 1.29 is 13.2 Å². The van der Waals surface area contributed by atoms with Gasteiger partial charge in [0.1, 0.15) is 10.6 Å². The highest BCUT2D eigenvalue weighted by Crippen LogP contribution is 2.22. The van der Waals surface area contributed by atoms with Crippen LogP contribution in [0.2, 0.25) is 0 Å². The van der Waals surface area contributed by atoms with Crippen LogP contribution in [0.15, 0.2) is 17.2 Å². The molecule has 0 bridgehead atoms. The predicted molar refractivity (Wildman–Crippen MR) is 95.9 cm³/mol. The van der Waals surface area contributed by atoms with Gasteiger partial charge in [0.2, 0.25) is 10.0 Å². The molecule has 3 rings (SSSR count). The first kappa shape index (κ1) is 18.4. The number of piperidine rings is 1. The fourth-order valence-corrected chi connectivity index (χ4v) is 5.19. The molecule has 0 saturated carbocycles. The quantitative estimate of drug-likeness (QED) is 0.782. The number of nitrogens with zero attached hydrogens (tertiary/aromatic N) is 2. The number of amides is 1. The molecule has 3 heterocycles. The summed E-state index contributed by atoms with van der Waals surface area (Å²) in [5.74, 6) is 0.400. The van der Waals surface area contributed by atoms with Crippen LogP contribution >= 0.6 is 0 Å². The van der Waals surface area contributed by atoms with Gasteiger partial charge in [-0.3, -0.25) is 4.79 Å². The van der Waals surface area contributed by atoms with E-state index < -0.39 is 10.0 Å². The van der Waals surface area contributed by atoms with Gasteiger partial charge >= 0.3 is 0 Å². The van der Waals surface area contributed by atoms with Crippen LogP contribution in [0.25, 0.3) is 0 Å². The number of hydrogen-bond acceptors (Lipinski definition) is 4. The summed E-state index contributed by atoms with van der Waals surface area (Å²) in [6, 6.07) is 1.50. The molecular weight excluding hydrogens is 340 g/mol. The summed E-state index contributed by atoms with van der Waals surface area (Å²) in [6.07, 6.45) is 6.51. The molecular formula is C17H28N4O3S. The number of nitrogens with one attached hydrogen (secondary N) is 2. The van der Waals surface area contributed by atoms with Gasteiger partial charge in [-0.2, -0.15) is 4.31 Å². The summed E-state index contributed by atoms with van der Waals surface area (Å²) in [7, 11) is -1.79. The lowest BCUT2D eigenvalue weighted by Gasteiger charge is -2.25. The van der Waals surface area contributed by atoms with Gasteiger partial charge in [0, 0.05) is 32.9 Å². The van der Waals surface area contributed by atoms with Crippen LogP contribution in [-0.2, 0) is 17.1 Å². The zero-order valence-electron chi connectivity index (χ0n) is 14.8. The molecule has 1 aromatic rings. The van der Waals surface area contributed by atoms with Gasteiger partial charge in [-0.1, -0.05) is 6.42 Å². The summed E-state index contributed by atoms with van der Waals surface area (Å²) in [6.45, 7) is 3.80. The molecule has 1 unspecified atom stereocenters. The minimum absolute atomic E-state index is 0.210. The van der Waals surface area contributed by atoms with E-state index in [9.17, 15) is 13.2 Å². The van der Waals surface area contributed by atoms with E-state index in [2.05, 4.69) is 10.6 Å². The molecule has 0 aliphatic carbocycles. The smallest absolute Gasteiger partial charge is 0.267 e. The molecule has 2 fully saturated rings. The molecule has 8 heteroatoms. The molecule has 0 spiro atoms. The molecule has 7 nitrogen and oxygen atoms in total. The van der Waals surface area contributed by atoms with Crippen molar-refractivity contribution in [2.45, 2.75) is 37.0 Å². The Morgan fingerprint density at radius 2 is 2.08 bits per heavy atom. The maximum Gasteiger partial charge on any atom is 0.267 e. The van der Waals surface area contributed by atoms with Gasteiger partial charge in [-0.15, -0.1) is 0 Å². The van der Waals surface area contributed by atoms with E-state index in [1.54, 1.807) is 17.8 Å². The Labute approximate surface area is 149 Å². The summed E-state index contributed by atoms with van der Waals surface area (Å²) in [5, 5.41) is 6.23. The molecule has 2 saturated heterocycles. The molecule has 140 valence electrons. The molecule has 0 radical (unpaired) electrons. The number of aromatic nitrogens is 1. The Morgan fingerprint density at radius 3 is 2.76 bits per heavy atom. The highest BCUT2D eigenvalue weighted by Gasteiger charge is 2.28. The third kappa shape index (κ3) is 4.24. The Kier molecular flexibility index (Phi) is 5.81. The zero-order chi connectivity index (χ0) is 17.9. The van der Waals surface area contributed by atoms with Crippen molar-refractivity contribution in [2.75, 3.05) is 32.7 Å². The van der Waals surface area contributed by atoms with Crippen LogP contribution in [0.3, 0.4) is 0 Å². The standard InChI is InChI=1S/C17H28N4O3S/c1-20-13-15(25(23,24)21-9-3-2-4-10-21)11-16(20)17(22)19-8-6-14-5-7-18-12-14/h11,13-14,18H,2-10,12H2,1H3,(H,19,22). The lowest BCUT2D eigenvalue weighted by molar-refractivity contribution is 0.0943. The molecule has 25 heavy (non-hydrogen) atoms. The third-order valence-electron chi connectivity index (χ3n) is 5.17. The first-order valence-corrected chi connectivity index (χ1v) is 10.6. The molecule has 2 N–H and O–H groups in total. The normalized spacial score (nSPS) is 22.2. The first-order valence-electron chi connectivity index (χ1n) is 9.14. The van der Waals surface area contributed by atoms with Gasteiger partial charge in [0.25, 0.3) is 5.91 Å². The minimum Gasteiger partial charge on any atom is -0.351 e. The van der Waals surface area contributed by atoms with Crippen LogP contribution < -0.4 is 10.6 Å². The Morgan fingerprint density at radius 1 is 1.32 bits per heavy atom. The minimum atomic E-state index is -3.51. The first-order chi connectivity index (χ1) is 12.0. The van der Waals surface area contributed by atoms with Crippen molar-refractivity contribution in [2.24, 2.45) is 13.0 Å². The van der Waals surface area contributed by atoms with Crippen LogP contribution in [0.1, 0.15) is 42.6 Å². The topological polar surface area (TPSA) is 83.4 Å². The molecule has 1 atom stereocenters. The van der Waals surface area contributed by atoms with E-state index in [0.29, 0.717) is 31.2 Å². The van der Waals surface area contributed by atoms with Crippen molar-refractivity contribution in [1.29, 1.82) is 0 Å². The van der Waals surface area contributed by atoms with Gasteiger partial charge in [0.05, 0.1) is 0 Å². The maximum atomic E-state index is 12.7. The average Bonchev–Trinajstić information content (AvgIpc) is 3.25. The predicted octanol–water partition coefficient (Wildman–Crippen LogP) is 0.929. The maximum absolute atomic E-state index is 12.7. The van der Waals surface area contributed by atoms with Crippen LogP contribution in [0.4, 0.5) is 0 Å². The van der Waals surface area contributed by atoms with Gasteiger partial charge < -0.3 is 15.2 Å². The zero-order valence-corrected chi connectivity index (χ0v) is 15.6. The van der Waals surface area contributed by atoms with Crippen molar-refractivity contribution in [3.05, 3.63) is 18.0 Å². The van der Waals surface area contributed by atoms with E-state index in [-0.39, 0.29) is 10.8 Å². The van der Waals surface area contributed by atoms with Gasteiger partial charge in [-0.25, -0.2) is 8.42 Å². The number of carbonyl (C=O) groups is 1. The van der Waals surface area contributed by atoms with Crippen LogP contribution in [0, 0.1) is 5.92 Å². The summed E-state index contributed by atoms with van der Waals surface area (Å²) < 4.78 is 28.6. The molecule has 1 amide bonds. The lowest BCUT2D eigenvalue weighted by Crippen LogP contribution is -2.35. The largest absolute Gasteiger partial charge is 0.351 e. The number of rotatable bonds is 6. The van der Waals surface area contributed by atoms with Crippen molar-refractivity contribution in [3.63, 3.8) is 0 Å². The number of aryl methyl sites for hydroxylation is 1. The number of carbonyl (C=O) groups excluding carboxylic acids is 1. The second-order valence-electron chi connectivity index (χ2n) is 7.04. The Balaban J connectivity index is 1.63. The molecule has 2 aliphatic heterocycles. The van der Waals surface area contributed by atoms with E-state index in [1.165, 1.54) is 10.4 Å². The summed E-state index contributed by atoms with van der Waals surface area (Å²) in [5.41, 5.74) is 0.389. The van der Waals surface area contributed by atoms with E-state index >= 15 is 0 Å². The SMILES string of the molecule is Cn1cc(S(=O)(=O)N2CCCCC2)cc1C(=O)NCCC1CCNC1. The second kappa shape index (κ2) is 7.88. The monoisotopic (exact) mass is 368 g/mol. The van der Waals surface area contributed by atoms with Gasteiger partial charge in [-0.05, 0) is 50.8 Å². The average molecular weight is 369 g/mol. The lowest BCUT2D eigenvalue weighted by atomic mass is 10.1. The van der Waals surface area contributed by atoms with Crippen LogP contribution in [0.5, 0.6) is 0 Å².